The molecular formula is C13H15N3S. The van der Waals surface area contributed by atoms with Gasteiger partial charge in [0.05, 0.1) is 5.69 Å². The summed E-state index contributed by atoms with van der Waals surface area (Å²) in [6.07, 6.45) is 4.54. The van der Waals surface area contributed by atoms with E-state index < -0.39 is 0 Å². The maximum Gasteiger partial charge on any atom is 0.101 e. The largest absolute Gasteiger partial charge is 0.323 e. The number of hydrogen-bond donors (Lipinski definition) is 1. The van der Waals surface area contributed by atoms with E-state index in [2.05, 4.69) is 16.9 Å². The Morgan fingerprint density at radius 2 is 2.12 bits per heavy atom. The Hall–Kier alpha value is -1.39. The van der Waals surface area contributed by atoms with Gasteiger partial charge in [0.1, 0.15) is 5.03 Å². The molecule has 0 aromatic carbocycles. The van der Waals surface area contributed by atoms with Crippen molar-refractivity contribution in [3.8, 4) is 0 Å². The maximum absolute atomic E-state index is 5.92. The molecule has 0 aliphatic heterocycles. The van der Waals surface area contributed by atoms with E-state index in [4.69, 9.17) is 5.73 Å². The van der Waals surface area contributed by atoms with Crippen LogP contribution in [0.1, 0.15) is 25.1 Å². The normalized spacial score (nSPS) is 12.4. The van der Waals surface area contributed by atoms with Crippen LogP contribution >= 0.6 is 11.8 Å². The molecule has 2 aromatic rings. The molecular weight excluding hydrogens is 230 g/mol. The molecule has 2 N–H and O–H groups in total. The van der Waals surface area contributed by atoms with Crippen LogP contribution in [0.15, 0.2) is 52.6 Å². The van der Waals surface area contributed by atoms with E-state index in [0.29, 0.717) is 0 Å². The molecule has 0 radical (unpaired) electrons. The Morgan fingerprint density at radius 1 is 1.24 bits per heavy atom. The molecule has 0 aliphatic carbocycles. The molecule has 17 heavy (non-hydrogen) atoms. The fourth-order valence-electron chi connectivity index (χ4n) is 1.41. The lowest BCUT2D eigenvalue weighted by Gasteiger charge is -2.08. The lowest BCUT2D eigenvalue weighted by molar-refractivity contribution is 0.674. The minimum absolute atomic E-state index is 0.0314. The highest BCUT2D eigenvalue weighted by molar-refractivity contribution is 7.99. The molecule has 2 heterocycles. The molecule has 0 amide bonds. The highest BCUT2D eigenvalue weighted by Gasteiger charge is 2.05. The van der Waals surface area contributed by atoms with Crippen LogP contribution in [-0.4, -0.2) is 9.97 Å². The Bertz CT molecular complexity index is 456. The van der Waals surface area contributed by atoms with Crippen LogP contribution < -0.4 is 5.73 Å². The van der Waals surface area contributed by atoms with Crippen molar-refractivity contribution in [3.63, 3.8) is 0 Å². The number of pyridine rings is 2. The van der Waals surface area contributed by atoms with Crippen LogP contribution in [0, 0.1) is 0 Å². The zero-order valence-corrected chi connectivity index (χ0v) is 10.5. The van der Waals surface area contributed by atoms with Crippen molar-refractivity contribution in [2.24, 2.45) is 5.73 Å². The molecule has 3 nitrogen and oxygen atoms in total. The first-order chi connectivity index (χ1) is 8.29. The van der Waals surface area contributed by atoms with Crippen molar-refractivity contribution in [2.75, 3.05) is 0 Å². The van der Waals surface area contributed by atoms with Crippen LogP contribution in [0.25, 0.3) is 0 Å². The first-order valence-corrected chi connectivity index (χ1v) is 6.41. The molecule has 88 valence electrons. The van der Waals surface area contributed by atoms with E-state index in [1.54, 1.807) is 18.0 Å². The second-order valence-electron chi connectivity index (χ2n) is 3.70. The lowest BCUT2D eigenvalue weighted by atomic mass is 10.1. The van der Waals surface area contributed by atoms with Gasteiger partial charge in [-0.1, -0.05) is 24.8 Å². The minimum Gasteiger partial charge on any atom is -0.323 e. The van der Waals surface area contributed by atoms with Gasteiger partial charge >= 0.3 is 0 Å². The highest BCUT2D eigenvalue weighted by atomic mass is 32.2. The van der Waals surface area contributed by atoms with Crippen LogP contribution in [0.5, 0.6) is 0 Å². The van der Waals surface area contributed by atoms with Gasteiger partial charge in [-0.05, 0) is 30.7 Å². The molecule has 0 aliphatic rings. The van der Waals surface area contributed by atoms with Crippen molar-refractivity contribution in [2.45, 2.75) is 29.3 Å². The summed E-state index contributed by atoms with van der Waals surface area (Å²) in [6, 6.07) is 9.92. The molecule has 2 aromatic heterocycles. The van der Waals surface area contributed by atoms with Gasteiger partial charge in [0.2, 0.25) is 0 Å². The second-order valence-corrected chi connectivity index (χ2v) is 4.80. The molecule has 0 saturated carbocycles. The topological polar surface area (TPSA) is 51.8 Å². The van der Waals surface area contributed by atoms with Gasteiger partial charge in [-0.3, -0.25) is 4.98 Å². The lowest BCUT2D eigenvalue weighted by Crippen LogP contribution is -2.10. The van der Waals surface area contributed by atoms with E-state index in [0.717, 1.165) is 22.0 Å². The van der Waals surface area contributed by atoms with Crippen LogP contribution in [0.2, 0.25) is 0 Å². The van der Waals surface area contributed by atoms with Crippen LogP contribution in [0.3, 0.4) is 0 Å². The second kappa shape index (κ2) is 5.80. The molecule has 1 atom stereocenters. The third-order valence-electron chi connectivity index (χ3n) is 2.44. The SMILES string of the molecule is CC[C@@H](N)c1ccc(Sc2ccccn2)cn1. The van der Waals surface area contributed by atoms with E-state index >= 15 is 0 Å². The minimum atomic E-state index is 0.0314. The first-order valence-electron chi connectivity index (χ1n) is 5.60. The Balaban J connectivity index is 2.08. The van der Waals surface area contributed by atoms with Gasteiger partial charge in [-0.25, -0.2) is 4.98 Å². The number of nitrogens with two attached hydrogens (primary N) is 1. The van der Waals surface area contributed by atoms with E-state index in [1.807, 2.05) is 36.5 Å². The zero-order valence-electron chi connectivity index (χ0n) is 9.71. The van der Waals surface area contributed by atoms with E-state index in [1.165, 1.54) is 0 Å². The van der Waals surface area contributed by atoms with Crippen LogP contribution in [0.4, 0.5) is 0 Å². The number of hydrogen-bond acceptors (Lipinski definition) is 4. The average Bonchev–Trinajstić information content (AvgIpc) is 2.40. The van der Waals surface area contributed by atoms with E-state index in [9.17, 15) is 0 Å². The average molecular weight is 245 g/mol. The van der Waals surface area contributed by atoms with Crippen molar-refractivity contribution < 1.29 is 0 Å². The van der Waals surface area contributed by atoms with Gasteiger partial charge < -0.3 is 5.73 Å². The van der Waals surface area contributed by atoms with Gasteiger partial charge in [-0.2, -0.15) is 0 Å². The number of aromatic nitrogens is 2. The first kappa shape index (κ1) is 12.1. The standard InChI is InChI=1S/C13H15N3S/c1-2-11(14)12-7-6-10(9-16-12)17-13-5-3-4-8-15-13/h3-9,11H,2,14H2,1H3/t11-/m1/s1. The molecule has 4 heteroatoms. The molecule has 0 fully saturated rings. The number of rotatable bonds is 4. The fraction of sp³-hybridized carbons (Fsp3) is 0.231. The maximum atomic E-state index is 5.92. The van der Waals surface area contributed by atoms with Gasteiger partial charge in [0, 0.05) is 23.3 Å². The summed E-state index contributed by atoms with van der Waals surface area (Å²) in [5.41, 5.74) is 6.86. The summed E-state index contributed by atoms with van der Waals surface area (Å²) < 4.78 is 0. The van der Waals surface area contributed by atoms with Gasteiger partial charge in [0.15, 0.2) is 0 Å². The summed E-state index contributed by atoms with van der Waals surface area (Å²) in [5.74, 6) is 0. The van der Waals surface area contributed by atoms with Crippen molar-refractivity contribution in [1.82, 2.24) is 9.97 Å². The molecule has 0 spiro atoms. The predicted molar refractivity (Wildman–Crippen MR) is 69.8 cm³/mol. The monoisotopic (exact) mass is 245 g/mol. The Kier molecular flexibility index (Phi) is 4.12. The Morgan fingerprint density at radius 3 is 2.71 bits per heavy atom. The van der Waals surface area contributed by atoms with Crippen molar-refractivity contribution in [3.05, 3.63) is 48.4 Å². The molecule has 2 rings (SSSR count). The molecule has 0 bridgehead atoms. The van der Waals surface area contributed by atoms with Gasteiger partial charge in [-0.15, -0.1) is 0 Å². The smallest absolute Gasteiger partial charge is 0.101 e. The van der Waals surface area contributed by atoms with Crippen molar-refractivity contribution in [1.29, 1.82) is 0 Å². The van der Waals surface area contributed by atoms with Gasteiger partial charge in [0.25, 0.3) is 0 Å². The summed E-state index contributed by atoms with van der Waals surface area (Å²) in [6.45, 7) is 2.06. The summed E-state index contributed by atoms with van der Waals surface area (Å²) in [4.78, 5) is 9.71. The predicted octanol–water partition coefficient (Wildman–Crippen LogP) is 3.04. The zero-order chi connectivity index (χ0) is 12.1. The molecule has 0 unspecified atom stereocenters. The fourth-order valence-corrected chi connectivity index (χ4v) is 2.15. The quantitative estimate of drug-likeness (QED) is 0.899. The number of nitrogens with zero attached hydrogens (tertiary/aromatic N) is 2. The summed E-state index contributed by atoms with van der Waals surface area (Å²) >= 11 is 1.60. The van der Waals surface area contributed by atoms with Crippen molar-refractivity contribution >= 4 is 11.8 Å². The van der Waals surface area contributed by atoms with E-state index in [-0.39, 0.29) is 6.04 Å². The Labute approximate surface area is 105 Å². The summed E-state index contributed by atoms with van der Waals surface area (Å²) in [5, 5.41) is 0.974. The summed E-state index contributed by atoms with van der Waals surface area (Å²) in [7, 11) is 0. The third-order valence-corrected chi connectivity index (χ3v) is 3.37. The molecule has 0 saturated heterocycles. The van der Waals surface area contributed by atoms with Crippen LogP contribution in [-0.2, 0) is 0 Å². The third kappa shape index (κ3) is 3.28. The highest BCUT2D eigenvalue weighted by Crippen LogP contribution is 2.25.